The Balaban J connectivity index is 0.00000341. The highest BCUT2D eigenvalue weighted by Gasteiger charge is 2.25. The Hall–Kier alpha value is -2.04. The van der Waals surface area contributed by atoms with E-state index in [1.807, 2.05) is 18.2 Å². The number of hydrogen-bond donors (Lipinski definition) is 2. The molecule has 1 unspecified atom stereocenters. The smallest absolute Gasteiger partial charge is 0.193 e. The maximum absolute atomic E-state index is 6.10. The molecule has 0 aromatic heterocycles. The maximum Gasteiger partial charge on any atom is 0.193 e. The number of benzene rings is 2. The van der Waals surface area contributed by atoms with Gasteiger partial charge in [-0.15, -0.1) is 24.0 Å². The van der Waals surface area contributed by atoms with Crippen LogP contribution in [0.3, 0.4) is 0 Å². The first-order valence-corrected chi connectivity index (χ1v) is 10.4. The minimum atomic E-state index is 0. The van der Waals surface area contributed by atoms with Crippen molar-refractivity contribution < 1.29 is 9.47 Å². The van der Waals surface area contributed by atoms with Crippen LogP contribution in [0.25, 0.3) is 0 Å². The number of aliphatic imine (C=N–C) groups is 1. The Bertz CT molecular complexity index is 834. The molecule has 2 aromatic carbocycles. The molecule has 0 aliphatic carbocycles. The van der Waals surface area contributed by atoms with Crippen LogP contribution in [0, 0.1) is 0 Å². The van der Waals surface area contributed by atoms with Crippen LogP contribution in [0.15, 0.2) is 53.5 Å². The fourth-order valence-corrected chi connectivity index (χ4v) is 3.78. The minimum Gasteiger partial charge on any atom is -0.497 e. The molecule has 0 spiro atoms. The van der Waals surface area contributed by atoms with Crippen LogP contribution in [-0.2, 0) is 0 Å². The molecule has 170 valence electrons. The third kappa shape index (κ3) is 7.26. The van der Waals surface area contributed by atoms with Gasteiger partial charge in [-0.25, -0.2) is 0 Å². The lowest BCUT2D eigenvalue weighted by atomic mass is 10.0. The Labute approximate surface area is 202 Å². The highest BCUT2D eigenvalue weighted by molar-refractivity contribution is 14.0. The number of piperazine rings is 1. The van der Waals surface area contributed by atoms with Gasteiger partial charge in [-0.2, -0.15) is 0 Å². The molecular weight excluding hydrogens is 505 g/mol. The van der Waals surface area contributed by atoms with E-state index < -0.39 is 0 Å². The van der Waals surface area contributed by atoms with E-state index in [4.69, 9.17) is 15.2 Å². The van der Waals surface area contributed by atoms with Crippen molar-refractivity contribution in [3.8, 4) is 11.5 Å². The third-order valence-corrected chi connectivity index (χ3v) is 5.43. The Kier molecular flexibility index (Phi) is 10.4. The topological polar surface area (TPSA) is 75.3 Å². The number of ether oxygens (including phenoxy) is 2. The SMILES string of the molecule is COc1ccc(OC)c(NC(N)=NCCCN2CCN(C)CC2c2ccccc2)c1.I. The molecule has 0 bridgehead atoms. The van der Waals surface area contributed by atoms with Gasteiger partial charge in [0.1, 0.15) is 11.5 Å². The molecule has 3 N–H and O–H groups in total. The highest BCUT2D eigenvalue weighted by atomic mass is 127. The first-order chi connectivity index (χ1) is 14.6. The lowest BCUT2D eigenvalue weighted by molar-refractivity contribution is 0.0894. The van der Waals surface area contributed by atoms with Gasteiger partial charge < -0.3 is 25.4 Å². The van der Waals surface area contributed by atoms with Crippen LogP contribution in [0.1, 0.15) is 18.0 Å². The van der Waals surface area contributed by atoms with Crippen molar-refractivity contribution in [1.29, 1.82) is 0 Å². The number of nitrogens with two attached hydrogens (primary N) is 1. The molecule has 0 saturated carbocycles. The number of rotatable bonds is 8. The average molecular weight is 539 g/mol. The molecule has 31 heavy (non-hydrogen) atoms. The van der Waals surface area contributed by atoms with Gasteiger partial charge in [0.05, 0.1) is 19.9 Å². The fraction of sp³-hybridized carbons (Fsp3) is 0.435. The van der Waals surface area contributed by atoms with Crippen LogP contribution < -0.4 is 20.5 Å². The number of guanidine groups is 1. The zero-order chi connectivity index (χ0) is 21.3. The van der Waals surface area contributed by atoms with Gasteiger partial charge in [-0.1, -0.05) is 30.3 Å². The van der Waals surface area contributed by atoms with Crippen molar-refractivity contribution in [2.24, 2.45) is 10.7 Å². The quantitative estimate of drug-likeness (QED) is 0.232. The summed E-state index contributed by atoms with van der Waals surface area (Å²) in [5, 5.41) is 3.12. The maximum atomic E-state index is 6.10. The van der Waals surface area contributed by atoms with Gasteiger partial charge in [-0.3, -0.25) is 9.89 Å². The van der Waals surface area contributed by atoms with E-state index >= 15 is 0 Å². The molecule has 0 radical (unpaired) electrons. The van der Waals surface area contributed by atoms with Crippen molar-refractivity contribution in [2.45, 2.75) is 12.5 Å². The summed E-state index contributed by atoms with van der Waals surface area (Å²) >= 11 is 0. The molecule has 1 atom stereocenters. The van der Waals surface area contributed by atoms with E-state index in [0.717, 1.165) is 44.0 Å². The number of hydrogen-bond acceptors (Lipinski definition) is 5. The van der Waals surface area contributed by atoms with E-state index in [1.54, 1.807) is 14.2 Å². The molecular formula is C23H34IN5O2. The molecule has 7 nitrogen and oxygen atoms in total. The summed E-state index contributed by atoms with van der Waals surface area (Å²) in [6.07, 6.45) is 0.949. The van der Waals surface area contributed by atoms with E-state index in [1.165, 1.54) is 5.56 Å². The van der Waals surface area contributed by atoms with Crippen molar-refractivity contribution in [3.63, 3.8) is 0 Å². The highest BCUT2D eigenvalue weighted by Crippen LogP contribution is 2.28. The number of methoxy groups -OCH3 is 2. The lowest BCUT2D eigenvalue weighted by Gasteiger charge is -2.40. The van der Waals surface area contributed by atoms with Crippen LogP contribution in [0.4, 0.5) is 5.69 Å². The predicted octanol–water partition coefficient (Wildman–Crippen LogP) is 3.43. The summed E-state index contributed by atoms with van der Waals surface area (Å²) in [7, 11) is 5.44. The van der Waals surface area contributed by atoms with Crippen LogP contribution in [0.5, 0.6) is 11.5 Å². The lowest BCUT2D eigenvalue weighted by Crippen LogP contribution is -2.47. The Morgan fingerprint density at radius 1 is 1.13 bits per heavy atom. The zero-order valence-corrected chi connectivity index (χ0v) is 20.9. The van der Waals surface area contributed by atoms with Gasteiger partial charge in [0, 0.05) is 44.8 Å². The standard InChI is InChI=1S/C23H33N5O2.HI/c1-27-14-15-28(21(17-27)18-8-5-4-6-9-18)13-7-12-25-23(24)26-20-16-19(29-2)10-11-22(20)30-3;/h4-6,8-11,16,21H,7,12-15,17H2,1-3H3,(H3,24,25,26);1H. The predicted molar refractivity (Wildman–Crippen MR) is 138 cm³/mol. The van der Waals surface area contributed by atoms with E-state index in [2.05, 4.69) is 57.5 Å². The summed E-state index contributed by atoms with van der Waals surface area (Å²) in [5.41, 5.74) is 8.21. The summed E-state index contributed by atoms with van der Waals surface area (Å²) in [6.45, 7) is 4.86. The first kappa shape index (κ1) is 25.2. The summed E-state index contributed by atoms with van der Waals surface area (Å²) < 4.78 is 10.6. The Morgan fingerprint density at radius 3 is 2.61 bits per heavy atom. The second kappa shape index (κ2) is 12.7. The van der Waals surface area contributed by atoms with Crippen LogP contribution >= 0.6 is 24.0 Å². The number of halogens is 1. The van der Waals surface area contributed by atoms with Crippen molar-refractivity contribution in [2.75, 3.05) is 59.3 Å². The van der Waals surface area contributed by atoms with E-state index in [-0.39, 0.29) is 24.0 Å². The average Bonchev–Trinajstić information content (AvgIpc) is 2.78. The van der Waals surface area contributed by atoms with Gasteiger partial charge in [0.25, 0.3) is 0 Å². The van der Waals surface area contributed by atoms with Crippen molar-refractivity contribution in [1.82, 2.24) is 9.80 Å². The summed E-state index contributed by atoms with van der Waals surface area (Å²) in [5.74, 6) is 1.80. The second-order valence-corrected chi connectivity index (χ2v) is 7.54. The Morgan fingerprint density at radius 2 is 1.90 bits per heavy atom. The zero-order valence-electron chi connectivity index (χ0n) is 18.6. The van der Waals surface area contributed by atoms with Crippen molar-refractivity contribution >= 4 is 35.6 Å². The molecule has 0 amide bonds. The largest absolute Gasteiger partial charge is 0.497 e. The first-order valence-electron chi connectivity index (χ1n) is 10.4. The van der Waals surface area contributed by atoms with Gasteiger partial charge in [-0.05, 0) is 31.2 Å². The molecule has 3 rings (SSSR count). The number of likely N-dealkylation sites (N-methyl/N-ethyl adjacent to an activating group) is 1. The van der Waals surface area contributed by atoms with E-state index in [0.29, 0.717) is 24.3 Å². The molecule has 1 aliphatic heterocycles. The monoisotopic (exact) mass is 539 g/mol. The molecule has 1 aliphatic rings. The minimum absolute atomic E-state index is 0. The number of nitrogens with zero attached hydrogens (tertiary/aromatic N) is 3. The molecule has 1 saturated heterocycles. The molecule has 2 aromatic rings. The molecule has 1 heterocycles. The molecule has 1 fully saturated rings. The molecule has 8 heteroatoms. The third-order valence-electron chi connectivity index (χ3n) is 5.43. The van der Waals surface area contributed by atoms with Gasteiger partial charge in [0.15, 0.2) is 5.96 Å². The second-order valence-electron chi connectivity index (χ2n) is 7.54. The fourth-order valence-electron chi connectivity index (χ4n) is 3.78. The van der Waals surface area contributed by atoms with Crippen LogP contribution in [0.2, 0.25) is 0 Å². The summed E-state index contributed by atoms with van der Waals surface area (Å²) in [6, 6.07) is 16.7. The van der Waals surface area contributed by atoms with Crippen LogP contribution in [-0.4, -0.2) is 69.8 Å². The number of nitrogens with one attached hydrogen (secondary N) is 1. The normalized spacial score (nSPS) is 17.6. The summed E-state index contributed by atoms with van der Waals surface area (Å²) in [4.78, 5) is 9.45. The number of anilines is 1. The van der Waals surface area contributed by atoms with E-state index in [9.17, 15) is 0 Å². The van der Waals surface area contributed by atoms with Gasteiger partial charge >= 0.3 is 0 Å². The van der Waals surface area contributed by atoms with Gasteiger partial charge in [0.2, 0.25) is 0 Å². The van der Waals surface area contributed by atoms with Crippen molar-refractivity contribution in [3.05, 3.63) is 54.1 Å².